The molecule has 0 bridgehead atoms. The third kappa shape index (κ3) is 1.89. The van der Waals surface area contributed by atoms with E-state index >= 15 is 0 Å². The molecule has 1 fully saturated rings. The smallest absolute Gasteiger partial charge is 0.272 e. The Balaban J connectivity index is 2.12. The number of halogens is 2. The SMILES string of the molecule is FC(F)c1cc(C2CCCN2)cs1. The van der Waals surface area contributed by atoms with Gasteiger partial charge in [-0.15, -0.1) is 11.3 Å². The first-order chi connectivity index (χ1) is 6.27. The summed E-state index contributed by atoms with van der Waals surface area (Å²) in [5, 5.41) is 5.12. The van der Waals surface area contributed by atoms with Crippen molar-refractivity contribution in [1.29, 1.82) is 0 Å². The van der Waals surface area contributed by atoms with E-state index in [-0.39, 0.29) is 4.88 Å². The van der Waals surface area contributed by atoms with Crippen molar-refractivity contribution in [2.75, 3.05) is 6.54 Å². The van der Waals surface area contributed by atoms with E-state index in [4.69, 9.17) is 0 Å². The van der Waals surface area contributed by atoms with Crippen LogP contribution in [0.25, 0.3) is 0 Å². The van der Waals surface area contributed by atoms with E-state index in [0.717, 1.165) is 36.3 Å². The summed E-state index contributed by atoms with van der Waals surface area (Å²) in [6, 6.07) is 1.93. The minimum absolute atomic E-state index is 0.184. The summed E-state index contributed by atoms with van der Waals surface area (Å²) in [6.45, 7) is 1.00. The van der Waals surface area contributed by atoms with Gasteiger partial charge in [-0.25, -0.2) is 8.78 Å². The summed E-state index contributed by atoms with van der Waals surface area (Å²) in [4.78, 5) is 0.184. The Morgan fingerprint density at radius 3 is 2.92 bits per heavy atom. The van der Waals surface area contributed by atoms with Gasteiger partial charge in [0.1, 0.15) is 0 Å². The van der Waals surface area contributed by atoms with Crippen LogP contribution < -0.4 is 5.32 Å². The fraction of sp³-hybridized carbons (Fsp3) is 0.556. The molecule has 1 atom stereocenters. The fourth-order valence-corrected chi connectivity index (χ4v) is 2.45. The first kappa shape index (κ1) is 9.09. The highest BCUT2D eigenvalue weighted by Gasteiger charge is 2.19. The number of hydrogen-bond donors (Lipinski definition) is 1. The molecule has 1 aliphatic heterocycles. The van der Waals surface area contributed by atoms with Crippen LogP contribution in [0.3, 0.4) is 0 Å². The molecule has 1 aromatic rings. The van der Waals surface area contributed by atoms with Gasteiger partial charge >= 0.3 is 0 Å². The second kappa shape index (κ2) is 3.72. The fourth-order valence-electron chi connectivity index (χ4n) is 1.63. The first-order valence-corrected chi connectivity index (χ1v) is 5.25. The molecule has 2 rings (SSSR count). The van der Waals surface area contributed by atoms with Gasteiger partial charge in [-0.3, -0.25) is 0 Å². The minimum Gasteiger partial charge on any atom is -0.310 e. The van der Waals surface area contributed by atoms with Crippen molar-refractivity contribution in [2.45, 2.75) is 25.3 Å². The van der Waals surface area contributed by atoms with Crippen molar-refractivity contribution in [1.82, 2.24) is 5.32 Å². The average molecular weight is 203 g/mol. The monoisotopic (exact) mass is 203 g/mol. The summed E-state index contributed by atoms with van der Waals surface area (Å²) in [5.74, 6) is 0. The van der Waals surface area contributed by atoms with Gasteiger partial charge in [0, 0.05) is 6.04 Å². The summed E-state index contributed by atoms with van der Waals surface area (Å²) in [6.07, 6.45) is -0.107. The Morgan fingerprint density at radius 2 is 2.38 bits per heavy atom. The van der Waals surface area contributed by atoms with Crippen LogP contribution in [0.5, 0.6) is 0 Å². The Morgan fingerprint density at radius 1 is 1.54 bits per heavy atom. The van der Waals surface area contributed by atoms with Crippen LogP contribution in [0.15, 0.2) is 11.4 Å². The van der Waals surface area contributed by atoms with Gasteiger partial charge in [-0.1, -0.05) is 0 Å². The molecule has 1 unspecified atom stereocenters. The second-order valence-corrected chi connectivity index (χ2v) is 4.17. The lowest BCUT2D eigenvalue weighted by Gasteiger charge is -2.06. The predicted molar refractivity (Wildman–Crippen MR) is 49.3 cm³/mol. The number of nitrogens with one attached hydrogen (secondary N) is 1. The first-order valence-electron chi connectivity index (χ1n) is 4.37. The van der Waals surface area contributed by atoms with E-state index in [9.17, 15) is 8.78 Å². The molecule has 0 aromatic carbocycles. The van der Waals surface area contributed by atoms with Crippen molar-refractivity contribution in [3.8, 4) is 0 Å². The molecule has 0 radical (unpaired) electrons. The van der Waals surface area contributed by atoms with E-state index in [1.54, 1.807) is 6.07 Å². The molecule has 72 valence electrons. The summed E-state index contributed by atoms with van der Waals surface area (Å²) in [5.41, 5.74) is 1.03. The van der Waals surface area contributed by atoms with E-state index in [1.165, 1.54) is 0 Å². The van der Waals surface area contributed by atoms with E-state index < -0.39 is 6.43 Å². The van der Waals surface area contributed by atoms with E-state index in [1.807, 2.05) is 5.38 Å². The lowest BCUT2D eigenvalue weighted by Crippen LogP contribution is -2.11. The van der Waals surface area contributed by atoms with E-state index in [2.05, 4.69) is 5.32 Å². The lowest BCUT2D eigenvalue weighted by molar-refractivity contribution is 0.155. The quantitative estimate of drug-likeness (QED) is 0.778. The Kier molecular flexibility index (Phi) is 2.60. The third-order valence-corrected chi connectivity index (χ3v) is 3.28. The molecular formula is C9H11F2NS. The third-order valence-electron chi connectivity index (χ3n) is 2.32. The number of alkyl halides is 2. The van der Waals surface area contributed by atoms with Gasteiger partial charge < -0.3 is 5.32 Å². The van der Waals surface area contributed by atoms with Crippen molar-refractivity contribution in [2.24, 2.45) is 0 Å². The molecule has 0 amide bonds. The highest BCUT2D eigenvalue weighted by Crippen LogP contribution is 2.31. The van der Waals surface area contributed by atoms with Crippen LogP contribution >= 0.6 is 11.3 Å². The molecule has 1 saturated heterocycles. The molecule has 13 heavy (non-hydrogen) atoms. The molecule has 1 aliphatic rings. The van der Waals surface area contributed by atoms with Gasteiger partial charge in [0.25, 0.3) is 6.43 Å². The molecule has 1 aromatic heterocycles. The molecule has 0 aliphatic carbocycles. The predicted octanol–water partition coefficient (Wildman–Crippen LogP) is 3.11. The van der Waals surface area contributed by atoms with Crippen LogP contribution in [-0.2, 0) is 0 Å². The van der Waals surface area contributed by atoms with Crippen molar-refractivity contribution < 1.29 is 8.78 Å². The molecule has 1 N–H and O–H groups in total. The Hall–Kier alpha value is -0.480. The number of hydrogen-bond acceptors (Lipinski definition) is 2. The molecule has 1 nitrogen and oxygen atoms in total. The van der Waals surface area contributed by atoms with Crippen molar-refractivity contribution >= 4 is 11.3 Å². The van der Waals surface area contributed by atoms with Crippen molar-refractivity contribution in [3.63, 3.8) is 0 Å². The summed E-state index contributed by atoms with van der Waals surface area (Å²) < 4.78 is 24.5. The second-order valence-electron chi connectivity index (χ2n) is 3.23. The maximum absolute atomic E-state index is 12.3. The molecule has 0 saturated carbocycles. The largest absolute Gasteiger partial charge is 0.310 e. The van der Waals surface area contributed by atoms with Gasteiger partial charge in [0.15, 0.2) is 0 Å². The maximum Gasteiger partial charge on any atom is 0.272 e. The topological polar surface area (TPSA) is 12.0 Å². The lowest BCUT2D eigenvalue weighted by atomic mass is 10.1. The Labute approximate surface area is 79.8 Å². The zero-order valence-corrected chi connectivity index (χ0v) is 7.91. The zero-order chi connectivity index (χ0) is 9.26. The van der Waals surface area contributed by atoms with Crippen LogP contribution in [-0.4, -0.2) is 6.54 Å². The van der Waals surface area contributed by atoms with Gasteiger partial charge in [-0.05, 0) is 36.4 Å². The van der Waals surface area contributed by atoms with Gasteiger partial charge in [0.05, 0.1) is 4.88 Å². The van der Waals surface area contributed by atoms with Gasteiger partial charge in [0.2, 0.25) is 0 Å². The minimum atomic E-state index is -2.32. The van der Waals surface area contributed by atoms with Crippen LogP contribution in [0.4, 0.5) is 8.78 Å². The highest BCUT2D eigenvalue weighted by atomic mass is 32.1. The average Bonchev–Trinajstić information content (AvgIpc) is 2.75. The molecular weight excluding hydrogens is 192 g/mol. The normalized spacial score (nSPS) is 22.8. The van der Waals surface area contributed by atoms with Crippen molar-refractivity contribution in [3.05, 3.63) is 21.9 Å². The standard InChI is InChI=1S/C9H11F2NS/c10-9(11)8-4-6(5-13-8)7-2-1-3-12-7/h4-5,7,9,12H,1-3H2. The van der Waals surface area contributed by atoms with Crippen LogP contribution in [0.2, 0.25) is 0 Å². The molecule has 0 spiro atoms. The van der Waals surface area contributed by atoms with Crippen LogP contribution in [0.1, 0.15) is 35.7 Å². The molecule has 4 heteroatoms. The highest BCUT2D eigenvalue weighted by molar-refractivity contribution is 7.10. The zero-order valence-electron chi connectivity index (χ0n) is 7.09. The van der Waals surface area contributed by atoms with Gasteiger partial charge in [-0.2, -0.15) is 0 Å². The van der Waals surface area contributed by atoms with E-state index in [0.29, 0.717) is 6.04 Å². The maximum atomic E-state index is 12.3. The Bertz CT molecular complexity index is 279. The summed E-state index contributed by atoms with van der Waals surface area (Å²) >= 11 is 1.15. The molecule has 2 heterocycles. The summed E-state index contributed by atoms with van der Waals surface area (Å²) in [7, 11) is 0. The number of thiophene rings is 1. The van der Waals surface area contributed by atoms with Crippen LogP contribution in [0, 0.1) is 0 Å². The number of rotatable bonds is 2.